The summed E-state index contributed by atoms with van der Waals surface area (Å²) < 4.78 is 0. The van der Waals surface area contributed by atoms with Crippen molar-refractivity contribution in [1.82, 2.24) is 0 Å². The highest BCUT2D eigenvalue weighted by molar-refractivity contribution is 5.97. The fraction of sp³-hybridized carbons (Fsp3) is 0.250. The van der Waals surface area contributed by atoms with Crippen LogP contribution in [0.2, 0.25) is 0 Å². The summed E-state index contributed by atoms with van der Waals surface area (Å²) in [4.78, 5) is 33.0. The molecule has 0 heterocycles. The maximum Gasteiger partial charge on any atom is 0.303 e. The van der Waals surface area contributed by atoms with Crippen LogP contribution in [0.25, 0.3) is 0 Å². The lowest BCUT2D eigenvalue weighted by Gasteiger charge is -2.11. The van der Waals surface area contributed by atoms with Gasteiger partial charge in [0.15, 0.2) is 0 Å². The quantitative estimate of drug-likeness (QED) is 0.570. The van der Waals surface area contributed by atoms with Gasteiger partial charge in [0.25, 0.3) is 0 Å². The van der Waals surface area contributed by atoms with Gasteiger partial charge in [-0.05, 0) is 24.6 Å². The molecule has 0 aromatic heterocycles. The first-order chi connectivity index (χ1) is 8.90. The predicted molar refractivity (Wildman–Crippen MR) is 68.4 cm³/mol. The van der Waals surface area contributed by atoms with Crippen LogP contribution < -0.4 is 16.8 Å². The molecule has 1 atom stereocenters. The molecule has 1 unspecified atom stereocenters. The Morgan fingerprint density at radius 1 is 1.32 bits per heavy atom. The Bertz CT molecular complexity index is 502. The van der Waals surface area contributed by atoms with Crippen molar-refractivity contribution >= 4 is 23.5 Å². The molecule has 1 aromatic carbocycles. The second-order valence-electron chi connectivity index (χ2n) is 3.97. The first-order valence-electron chi connectivity index (χ1n) is 5.58. The van der Waals surface area contributed by atoms with Crippen LogP contribution in [0.4, 0.5) is 5.69 Å². The fourth-order valence-corrected chi connectivity index (χ4v) is 1.40. The number of amides is 2. The lowest BCUT2D eigenvalue weighted by atomic mass is 10.1. The number of carboxylic acids is 1. The van der Waals surface area contributed by atoms with Gasteiger partial charge < -0.3 is 21.9 Å². The third-order valence-electron chi connectivity index (χ3n) is 2.42. The molecule has 0 fully saturated rings. The highest BCUT2D eigenvalue weighted by atomic mass is 16.4. The third kappa shape index (κ3) is 4.76. The molecule has 0 aliphatic carbocycles. The van der Waals surface area contributed by atoms with Crippen molar-refractivity contribution in [3.05, 3.63) is 29.8 Å². The van der Waals surface area contributed by atoms with Crippen molar-refractivity contribution in [1.29, 1.82) is 0 Å². The molecule has 0 saturated carbocycles. The zero-order chi connectivity index (χ0) is 14.4. The van der Waals surface area contributed by atoms with Gasteiger partial charge in [-0.2, -0.15) is 0 Å². The number of carboxylic acid groups (broad SMARTS) is 1. The second-order valence-corrected chi connectivity index (χ2v) is 3.97. The van der Waals surface area contributed by atoms with E-state index in [1.807, 2.05) is 0 Å². The molecule has 0 spiro atoms. The van der Waals surface area contributed by atoms with Crippen molar-refractivity contribution in [2.45, 2.75) is 18.9 Å². The summed E-state index contributed by atoms with van der Waals surface area (Å²) in [5.74, 6) is -2.13. The number of nitrogens with one attached hydrogen (secondary N) is 1. The molecule has 0 aliphatic heterocycles. The molecule has 19 heavy (non-hydrogen) atoms. The Balaban J connectivity index is 2.63. The van der Waals surface area contributed by atoms with E-state index in [-0.39, 0.29) is 18.4 Å². The van der Waals surface area contributed by atoms with Crippen LogP contribution in [-0.4, -0.2) is 28.9 Å². The monoisotopic (exact) mass is 265 g/mol. The van der Waals surface area contributed by atoms with Crippen LogP contribution in [0.15, 0.2) is 24.3 Å². The molecular weight excluding hydrogens is 250 g/mol. The normalized spacial score (nSPS) is 11.6. The van der Waals surface area contributed by atoms with E-state index in [9.17, 15) is 14.4 Å². The highest BCUT2D eigenvalue weighted by Gasteiger charge is 2.15. The average molecular weight is 265 g/mol. The van der Waals surface area contributed by atoms with Crippen LogP contribution in [0.1, 0.15) is 23.2 Å². The van der Waals surface area contributed by atoms with Crippen molar-refractivity contribution in [2.75, 3.05) is 5.32 Å². The van der Waals surface area contributed by atoms with Crippen LogP contribution in [-0.2, 0) is 9.59 Å². The third-order valence-corrected chi connectivity index (χ3v) is 2.42. The molecule has 0 saturated heterocycles. The molecule has 102 valence electrons. The number of hydrogen-bond acceptors (Lipinski definition) is 4. The minimum atomic E-state index is -1.01. The maximum atomic E-state index is 11.7. The zero-order valence-corrected chi connectivity index (χ0v) is 10.1. The Kier molecular flexibility index (Phi) is 5.01. The molecular formula is C12H15N3O4. The standard InChI is InChI=1S/C12H15N3O4/c13-9(4-5-10(16)17)12(19)15-8-3-1-2-7(6-8)11(14)18/h1-3,6,9H,4-5,13H2,(H2,14,18)(H,15,19)(H,16,17). The van der Waals surface area contributed by atoms with Gasteiger partial charge in [0.1, 0.15) is 0 Å². The Morgan fingerprint density at radius 2 is 2.00 bits per heavy atom. The largest absolute Gasteiger partial charge is 0.481 e. The van der Waals surface area contributed by atoms with E-state index in [4.69, 9.17) is 16.6 Å². The summed E-state index contributed by atoms with van der Waals surface area (Å²) >= 11 is 0. The first kappa shape index (κ1) is 14.7. The molecule has 6 N–H and O–H groups in total. The predicted octanol–water partition coefficient (Wildman–Crippen LogP) is -0.0839. The number of carbonyl (C=O) groups excluding carboxylic acids is 2. The lowest BCUT2D eigenvalue weighted by Crippen LogP contribution is -2.36. The molecule has 7 nitrogen and oxygen atoms in total. The fourth-order valence-electron chi connectivity index (χ4n) is 1.40. The van der Waals surface area contributed by atoms with Gasteiger partial charge >= 0.3 is 5.97 Å². The molecule has 2 amide bonds. The number of benzene rings is 1. The van der Waals surface area contributed by atoms with Gasteiger partial charge in [0, 0.05) is 17.7 Å². The Morgan fingerprint density at radius 3 is 2.58 bits per heavy atom. The number of nitrogens with two attached hydrogens (primary N) is 2. The van der Waals surface area contributed by atoms with E-state index >= 15 is 0 Å². The molecule has 1 rings (SSSR count). The summed E-state index contributed by atoms with van der Waals surface area (Å²) in [5.41, 5.74) is 11.3. The molecule has 0 aliphatic rings. The Labute approximate surface area is 109 Å². The Hall–Kier alpha value is -2.41. The average Bonchev–Trinajstić information content (AvgIpc) is 2.36. The van der Waals surface area contributed by atoms with Crippen LogP contribution in [0.3, 0.4) is 0 Å². The van der Waals surface area contributed by atoms with Gasteiger partial charge in [0.2, 0.25) is 11.8 Å². The van der Waals surface area contributed by atoms with Crippen molar-refractivity contribution < 1.29 is 19.5 Å². The highest BCUT2D eigenvalue weighted by Crippen LogP contribution is 2.11. The van der Waals surface area contributed by atoms with E-state index in [0.29, 0.717) is 5.69 Å². The lowest BCUT2D eigenvalue weighted by molar-refractivity contribution is -0.137. The second kappa shape index (κ2) is 6.50. The number of anilines is 1. The minimum Gasteiger partial charge on any atom is -0.481 e. The minimum absolute atomic E-state index is 0.0384. The van der Waals surface area contributed by atoms with E-state index in [1.165, 1.54) is 12.1 Å². The van der Waals surface area contributed by atoms with E-state index < -0.39 is 23.8 Å². The number of primary amides is 1. The topological polar surface area (TPSA) is 136 Å². The van der Waals surface area contributed by atoms with Gasteiger partial charge in [0.05, 0.1) is 6.04 Å². The van der Waals surface area contributed by atoms with Crippen LogP contribution >= 0.6 is 0 Å². The smallest absolute Gasteiger partial charge is 0.303 e. The first-order valence-corrected chi connectivity index (χ1v) is 5.58. The van der Waals surface area contributed by atoms with Crippen LogP contribution in [0, 0.1) is 0 Å². The van der Waals surface area contributed by atoms with Crippen LogP contribution in [0.5, 0.6) is 0 Å². The molecule has 7 heteroatoms. The van der Waals surface area contributed by atoms with E-state index in [0.717, 1.165) is 0 Å². The van der Waals surface area contributed by atoms with Gasteiger partial charge in [-0.3, -0.25) is 14.4 Å². The van der Waals surface area contributed by atoms with E-state index in [1.54, 1.807) is 12.1 Å². The summed E-state index contributed by atoms with van der Waals surface area (Å²) in [6.07, 6.45) is -0.146. The number of hydrogen-bond donors (Lipinski definition) is 4. The van der Waals surface area contributed by atoms with Crippen molar-refractivity contribution in [3.8, 4) is 0 Å². The summed E-state index contributed by atoms with van der Waals surface area (Å²) in [6.45, 7) is 0. The van der Waals surface area contributed by atoms with Gasteiger partial charge in [-0.1, -0.05) is 6.07 Å². The number of rotatable bonds is 6. The number of carbonyl (C=O) groups is 3. The summed E-state index contributed by atoms with van der Waals surface area (Å²) in [6, 6.07) is 5.16. The van der Waals surface area contributed by atoms with E-state index in [2.05, 4.69) is 5.32 Å². The van der Waals surface area contributed by atoms with Gasteiger partial charge in [-0.15, -0.1) is 0 Å². The van der Waals surface area contributed by atoms with Crippen molar-refractivity contribution in [2.24, 2.45) is 11.5 Å². The molecule has 0 bridgehead atoms. The summed E-state index contributed by atoms with van der Waals surface area (Å²) in [7, 11) is 0. The molecule has 0 radical (unpaired) electrons. The maximum absolute atomic E-state index is 11.7. The van der Waals surface area contributed by atoms with Crippen molar-refractivity contribution in [3.63, 3.8) is 0 Å². The SMILES string of the molecule is NC(=O)c1cccc(NC(=O)C(N)CCC(=O)O)c1. The van der Waals surface area contributed by atoms with Gasteiger partial charge in [-0.25, -0.2) is 0 Å². The number of aliphatic carboxylic acids is 1. The summed E-state index contributed by atoms with van der Waals surface area (Å²) in [5, 5.41) is 11.0. The zero-order valence-electron chi connectivity index (χ0n) is 10.1. The molecule has 1 aromatic rings.